The average Bonchev–Trinajstić information content (AvgIpc) is 2.55. The summed E-state index contributed by atoms with van der Waals surface area (Å²) >= 11 is 0. The van der Waals surface area contributed by atoms with Crippen LogP contribution in [-0.2, 0) is 0 Å². The molecule has 1 amide bonds. The van der Waals surface area contributed by atoms with E-state index in [-0.39, 0.29) is 5.91 Å². The Hall–Kier alpha value is -2.40. The Bertz CT molecular complexity index is 657. The molecule has 0 saturated heterocycles. The molecule has 1 aliphatic heterocycles. The Morgan fingerprint density at radius 3 is 2.73 bits per heavy atom. The Balaban J connectivity index is 1.95. The number of hydrogen-bond acceptors (Lipinski definition) is 4. The van der Waals surface area contributed by atoms with Gasteiger partial charge in [0.25, 0.3) is 5.91 Å². The van der Waals surface area contributed by atoms with Crippen LogP contribution in [0.15, 0.2) is 48.8 Å². The molecular formula is C17H20N4O. The number of likely N-dealkylation sites (N-methyl/N-ethyl adjacent to an activating group) is 1. The molecule has 1 aliphatic rings. The van der Waals surface area contributed by atoms with Crippen LogP contribution < -0.4 is 9.80 Å². The molecule has 0 radical (unpaired) electrons. The summed E-state index contributed by atoms with van der Waals surface area (Å²) in [7, 11) is 4.11. The zero-order valence-corrected chi connectivity index (χ0v) is 12.9. The van der Waals surface area contributed by atoms with Crippen LogP contribution in [0, 0.1) is 0 Å². The zero-order chi connectivity index (χ0) is 15.5. The van der Waals surface area contributed by atoms with E-state index in [4.69, 9.17) is 0 Å². The molecular weight excluding hydrogens is 276 g/mol. The van der Waals surface area contributed by atoms with E-state index in [1.54, 1.807) is 17.3 Å². The van der Waals surface area contributed by atoms with Gasteiger partial charge in [-0.25, -0.2) is 0 Å². The van der Waals surface area contributed by atoms with Gasteiger partial charge in [-0.2, -0.15) is 0 Å². The first-order chi connectivity index (χ1) is 10.7. The molecule has 0 aliphatic carbocycles. The fourth-order valence-electron chi connectivity index (χ4n) is 2.61. The van der Waals surface area contributed by atoms with Crippen molar-refractivity contribution in [1.29, 1.82) is 0 Å². The van der Waals surface area contributed by atoms with Crippen LogP contribution in [0.25, 0.3) is 0 Å². The molecule has 0 saturated carbocycles. The van der Waals surface area contributed by atoms with Crippen molar-refractivity contribution in [2.75, 3.05) is 43.7 Å². The number of benzene rings is 1. The Labute approximate surface area is 130 Å². The van der Waals surface area contributed by atoms with E-state index in [0.29, 0.717) is 6.67 Å². The number of anilines is 2. The maximum atomic E-state index is 12.8. The monoisotopic (exact) mass is 296 g/mol. The number of carbonyl (C=O) groups is 1. The largest absolute Gasteiger partial charge is 0.351 e. The fraction of sp³-hybridized carbons (Fsp3) is 0.294. The normalized spacial score (nSPS) is 14.4. The molecule has 22 heavy (non-hydrogen) atoms. The number of carbonyl (C=O) groups excluding carboxylic acids is 1. The molecule has 5 heteroatoms. The van der Waals surface area contributed by atoms with E-state index in [0.717, 1.165) is 30.0 Å². The SMILES string of the molecule is CN(C)CCN1CN(c2cccnc2)C(=O)c2ccccc21. The number of hydrogen-bond donors (Lipinski definition) is 0. The third kappa shape index (κ3) is 2.80. The van der Waals surface area contributed by atoms with E-state index < -0.39 is 0 Å². The van der Waals surface area contributed by atoms with Crippen molar-refractivity contribution in [3.63, 3.8) is 0 Å². The van der Waals surface area contributed by atoms with E-state index in [1.807, 2.05) is 36.4 Å². The lowest BCUT2D eigenvalue weighted by molar-refractivity contribution is 0.0982. The highest BCUT2D eigenvalue weighted by Crippen LogP contribution is 2.29. The summed E-state index contributed by atoms with van der Waals surface area (Å²) in [5.41, 5.74) is 2.59. The number of rotatable bonds is 4. The molecule has 0 fully saturated rings. The number of pyridine rings is 1. The van der Waals surface area contributed by atoms with E-state index >= 15 is 0 Å². The topological polar surface area (TPSA) is 39.7 Å². The Morgan fingerprint density at radius 1 is 1.18 bits per heavy atom. The predicted octanol–water partition coefficient (Wildman–Crippen LogP) is 2.07. The minimum Gasteiger partial charge on any atom is -0.351 e. The van der Waals surface area contributed by atoms with Gasteiger partial charge < -0.3 is 9.80 Å². The first kappa shape index (κ1) is 14.5. The van der Waals surface area contributed by atoms with Gasteiger partial charge >= 0.3 is 0 Å². The molecule has 2 heterocycles. The van der Waals surface area contributed by atoms with Crippen LogP contribution in [0.3, 0.4) is 0 Å². The Kier molecular flexibility index (Phi) is 4.06. The highest BCUT2D eigenvalue weighted by atomic mass is 16.2. The zero-order valence-electron chi connectivity index (χ0n) is 12.9. The van der Waals surface area contributed by atoms with Crippen LogP contribution in [0.5, 0.6) is 0 Å². The predicted molar refractivity (Wildman–Crippen MR) is 88.3 cm³/mol. The van der Waals surface area contributed by atoms with Crippen molar-refractivity contribution in [2.24, 2.45) is 0 Å². The van der Waals surface area contributed by atoms with Gasteiger partial charge in [-0.05, 0) is 38.4 Å². The van der Waals surface area contributed by atoms with Crippen LogP contribution in [0.4, 0.5) is 11.4 Å². The maximum Gasteiger partial charge on any atom is 0.261 e. The molecule has 0 bridgehead atoms. The van der Waals surface area contributed by atoms with Crippen molar-refractivity contribution in [2.45, 2.75) is 0 Å². The molecule has 0 N–H and O–H groups in total. The second-order valence-electron chi connectivity index (χ2n) is 5.67. The van der Waals surface area contributed by atoms with Crippen molar-refractivity contribution in [3.8, 4) is 0 Å². The number of nitrogens with zero attached hydrogens (tertiary/aromatic N) is 4. The van der Waals surface area contributed by atoms with E-state index in [1.165, 1.54) is 0 Å². The van der Waals surface area contributed by atoms with Gasteiger partial charge in [0.2, 0.25) is 0 Å². The highest BCUT2D eigenvalue weighted by molar-refractivity contribution is 6.11. The van der Waals surface area contributed by atoms with Crippen LogP contribution >= 0.6 is 0 Å². The van der Waals surface area contributed by atoms with Gasteiger partial charge in [-0.3, -0.25) is 14.7 Å². The summed E-state index contributed by atoms with van der Waals surface area (Å²) in [5.74, 6) is 0.0321. The average molecular weight is 296 g/mol. The summed E-state index contributed by atoms with van der Waals surface area (Å²) < 4.78 is 0. The second-order valence-corrected chi connectivity index (χ2v) is 5.67. The summed E-state index contributed by atoms with van der Waals surface area (Å²) in [6.45, 7) is 2.35. The van der Waals surface area contributed by atoms with Gasteiger partial charge in [0.15, 0.2) is 0 Å². The van der Waals surface area contributed by atoms with Gasteiger partial charge in [0.1, 0.15) is 0 Å². The third-order valence-electron chi connectivity index (χ3n) is 3.81. The second kappa shape index (κ2) is 6.15. The molecule has 0 unspecified atom stereocenters. The van der Waals surface area contributed by atoms with E-state index in [2.05, 4.69) is 28.9 Å². The minimum absolute atomic E-state index is 0.0321. The quantitative estimate of drug-likeness (QED) is 0.866. The third-order valence-corrected chi connectivity index (χ3v) is 3.81. The van der Waals surface area contributed by atoms with Crippen molar-refractivity contribution in [1.82, 2.24) is 9.88 Å². The molecule has 0 spiro atoms. The van der Waals surface area contributed by atoms with Gasteiger partial charge in [0.05, 0.1) is 29.8 Å². The summed E-state index contributed by atoms with van der Waals surface area (Å²) in [6, 6.07) is 11.6. The summed E-state index contributed by atoms with van der Waals surface area (Å²) in [6.07, 6.45) is 3.45. The lowest BCUT2D eigenvalue weighted by Crippen LogP contribution is -2.48. The Morgan fingerprint density at radius 2 is 2.00 bits per heavy atom. The molecule has 3 rings (SSSR count). The number of aromatic nitrogens is 1. The van der Waals surface area contributed by atoms with Crippen molar-refractivity contribution in [3.05, 3.63) is 54.4 Å². The van der Waals surface area contributed by atoms with Crippen LogP contribution in [0.1, 0.15) is 10.4 Å². The number of para-hydroxylation sites is 1. The molecule has 0 atom stereocenters. The first-order valence-electron chi connectivity index (χ1n) is 7.37. The van der Waals surface area contributed by atoms with E-state index in [9.17, 15) is 4.79 Å². The van der Waals surface area contributed by atoms with Crippen LogP contribution in [-0.4, -0.2) is 49.6 Å². The molecule has 2 aromatic rings. The van der Waals surface area contributed by atoms with Crippen LogP contribution in [0.2, 0.25) is 0 Å². The lowest BCUT2D eigenvalue weighted by Gasteiger charge is -2.38. The summed E-state index contributed by atoms with van der Waals surface area (Å²) in [4.78, 5) is 23.1. The van der Waals surface area contributed by atoms with Gasteiger partial charge in [0, 0.05) is 19.3 Å². The molecule has 114 valence electrons. The number of amides is 1. The smallest absolute Gasteiger partial charge is 0.261 e. The summed E-state index contributed by atoms with van der Waals surface area (Å²) in [5, 5.41) is 0. The highest BCUT2D eigenvalue weighted by Gasteiger charge is 2.29. The van der Waals surface area contributed by atoms with Crippen molar-refractivity contribution >= 4 is 17.3 Å². The standard InChI is InChI=1S/C17H20N4O/c1-19(2)10-11-20-13-21(14-6-5-9-18-12-14)17(22)15-7-3-4-8-16(15)20/h3-9,12H,10-11,13H2,1-2H3. The molecule has 5 nitrogen and oxygen atoms in total. The molecule has 1 aromatic heterocycles. The fourth-order valence-corrected chi connectivity index (χ4v) is 2.61. The maximum absolute atomic E-state index is 12.8. The first-order valence-corrected chi connectivity index (χ1v) is 7.37. The van der Waals surface area contributed by atoms with Gasteiger partial charge in [-0.1, -0.05) is 12.1 Å². The van der Waals surface area contributed by atoms with Crippen molar-refractivity contribution < 1.29 is 4.79 Å². The molecule has 1 aromatic carbocycles. The minimum atomic E-state index is 0.0321. The lowest BCUT2D eigenvalue weighted by atomic mass is 10.1. The van der Waals surface area contributed by atoms with Gasteiger partial charge in [-0.15, -0.1) is 0 Å². The number of fused-ring (bicyclic) bond motifs is 1.